The Kier molecular flexibility index (Phi) is 4.42. The zero-order valence-electron chi connectivity index (χ0n) is 12.5. The van der Waals surface area contributed by atoms with Gasteiger partial charge in [0, 0.05) is 0 Å². The first kappa shape index (κ1) is 14.6. The molecule has 114 valence electrons. The number of aromatic hydroxyl groups is 1. The summed E-state index contributed by atoms with van der Waals surface area (Å²) in [6.45, 7) is 0. The highest BCUT2D eigenvalue weighted by molar-refractivity contribution is 5.90. The third-order valence-electron chi connectivity index (χ3n) is 4.15. The van der Waals surface area contributed by atoms with E-state index in [-0.39, 0.29) is 17.8 Å². The van der Waals surface area contributed by atoms with Gasteiger partial charge in [-0.3, -0.25) is 0 Å². The van der Waals surface area contributed by atoms with E-state index >= 15 is 0 Å². The molecule has 0 spiro atoms. The molecule has 1 saturated carbocycles. The Morgan fingerprint density at radius 2 is 1.41 bits per heavy atom. The fourth-order valence-corrected chi connectivity index (χ4v) is 2.86. The number of carbonyl (C=O) groups excluding carboxylic acids is 1. The summed E-state index contributed by atoms with van der Waals surface area (Å²) >= 11 is 0. The maximum Gasteiger partial charge on any atom is 0.338 e. The molecule has 2 aromatic carbocycles. The van der Waals surface area contributed by atoms with Gasteiger partial charge in [0.1, 0.15) is 11.9 Å². The summed E-state index contributed by atoms with van der Waals surface area (Å²) in [5.41, 5.74) is 2.60. The lowest BCUT2D eigenvalue weighted by molar-refractivity contribution is 0.0211. The fourth-order valence-electron chi connectivity index (χ4n) is 2.86. The Morgan fingerprint density at radius 1 is 0.864 bits per heavy atom. The van der Waals surface area contributed by atoms with E-state index in [1.54, 1.807) is 24.3 Å². The van der Waals surface area contributed by atoms with Crippen LogP contribution in [0.4, 0.5) is 0 Å². The van der Waals surface area contributed by atoms with Crippen LogP contribution in [0, 0.1) is 0 Å². The zero-order chi connectivity index (χ0) is 15.4. The molecule has 3 nitrogen and oxygen atoms in total. The summed E-state index contributed by atoms with van der Waals surface area (Å²) in [5.74, 6) is 0.0144. The van der Waals surface area contributed by atoms with Gasteiger partial charge in [-0.1, -0.05) is 30.7 Å². The lowest BCUT2D eigenvalue weighted by atomic mass is 9.98. The van der Waals surface area contributed by atoms with Gasteiger partial charge in [0.15, 0.2) is 0 Å². The standard InChI is InChI=1S/C19H20O3/c20-17-12-10-15(11-13-17)14-6-8-16(9-7-14)19(21)22-18-4-2-1-3-5-18/h6-13,18,20H,1-5H2. The lowest BCUT2D eigenvalue weighted by Crippen LogP contribution is -2.20. The third kappa shape index (κ3) is 3.48. The molecule has 1 aliphatic rings. The lowest BCUT2D eigenvalue weighted by Gasteiger charge is -2.21. The molecule has 0 bridgehead atoms. The Hall–Kier alpha value is -2.29. The Morgan fingerprint density at radius 3 is 2.00 bits per heavy atom. The van der Waals surface area contributed by atoms with Crippen molar-refractivity contribution >= 4 is 5.97 Å². The molecule has 0 aromatic heterocycles. The van der Waals surface area contributed by atoms with Crippen LogP contribution in [0.3, 0.4) is 0 Å². The largest absolute Gasteiger partial charge is 0.508 e. The minimum absolute atomic E-state index is 0.0815. The summed E-state index contributed by atoms with van der Waals surface area (Å²) in [6, 6.07) is 14.4. The number of ether oxygens (including phenoxy) is 1. The number of phenols is 1. The van der Waals surface area contributed by atoms with Crippen LogP contribution in [0.1, 0.15) is 42.5 Å². The number of hydrogen-bond acceptors (Lipinski definition) is 3. The second-order valence-electron chi connectivity index (χ2n) is 5.79. The zero-order valence-corrected chi connectivity index (χ0v) is 12.5. The van der Waals surface area contributed by atoms with Crippen molar-refractivity contribution in [2.24, 2.45) is 0 Å². The summed E-state index contributed by atoms with van der Waals surface area (Å²) in [4.78, 5) is 12.2. The van der Waals surface area contributed by atoms with Gasteiger partial charge in [-0.15, -0.1) is 0 Å². The van der Waals surface area contributed by atoms with Crippen molar-refractivity contribution in [1.29, 1.82) is 0 Å². The molecule has 0 atom stereocenters. The molecular formula is C19H20O3. The third-order valence-corrected chi connectivity index (χ3v) is 4.15. The van der Waals surface area contributed by atoms with Gasteiger partial charge in [-0.2, -0.15) is 0 Å². The molecule has 0 unspecified atom stereocenters. The van der Waals surface area contributed by atoms with Crippen molar-refractivity contribution in [3.05, 3.63) is 54.1 Å². The SMILES string of the molecule is O=C(OC1CCCCC1)c1ccc(-c2ccc(O)cc2)cc1. The Bertz CT molecular complexity index is 623. The maximum atomic E-state index is 12.2. The Labute approximate surface area is 130 Å². The summed E-state index contributed by atoms with van der Waals surface area (Å²) in [5, 5.41) is 9.31. The molecule has 3 heteroatoms. The number of esters is 1. The number of carbonyl (C=O) groups is 1. The first-order valence-electron chi connectivity index (χ1n) is 7.83. The summed E-state index contributed by atoms with van der Waals surface area (Å²) in [6.07, 6.45) is 5.59. The van der Waals surface area contributed by atoms with Crippen molar-refractivity contribution < 1.29 is 14.6 Å². The molecule has 0 aliphatic heterocycles. The maximum absolute atomic E-state index is 12.2. The van der Waals surface area contributed by atoms with Crippen molar-refractivity contribution in [2.45, 2.75) is 38.2 Å². The van der Waals surface area contributed by atoms with E-state index < -0.39 is 0 Å². The average molecular weight is 296 g/mol. The molecule has 3 rings (SSSR count). The van der Waals surface area contributed by atoms with Gasteiger partial charge >= 0.3 is 5.97 Å². The summed E-state index contributed by atoms with van der Waals surface area (Å²) < 4.78 is 5.57. The minimum Gasteiger partial charge on any atom is -0.508 e. The molecule has 0 saturated heterocycles. The second kappa shape index (κ2) is 6.65. The summed E-state index contributed by atoms with van der Waals surface area (Å²) in [7, 11) is 0. The smallest absolute Gasteiger partial charge is 0.338 e. The van der Waals surface area contributed by atoms with E-state index in [0.29, 0.717) is 5.56 Å². The van der Waals surface area contributed by atoms with Gasteiger partial charge < -0.3 is 9.84 Å². The molecule has 1 N–H and O–H groups in total. The molecule has 1 aliphatic carbocycles. The van der Waals surface area contributed by atoms with Crippen LogP contribution in [0.25, 0.3) is 11.1 Å². The van der Waals surface area contributed by atoms with E-state index in [1.165, 1.54) is 6.42 Å². The van der Waals surface area contributed by atoms with Crippen LogP contribution in [-0.4, -0.2) is 17.2 Å². The number of phenolic OH excluding ortho intramolecular Hbond substituents is 1. The van der Waals surface area contributed by atoms with Gasteiger partial charge in [0.2, 0.25) is 0 Å². The highest BCUT2D eigenvalue weighted by Crippen LogP contribution is 2.24. The Balaban J connectivity index is 1.68. The van der Waals surface area contributed by atoms with Crippen LogP contribution < -0.4 is 0 Å². The van der Waals surface area contributed by atoms with Gasteiger partial charge in [-0.25, -0.2) is 4.79 Å². The quantitative estimate of drug-likeness (QED) is 0.845. The van der Waals surface area contributed by atoms with E-state index in [9.17, 15) is 9.90 Å². The molecule has 22 heavy (non-hydrogen) atoms. The topological polar surface area (TPSA) is 46.5 Å². The van der Waals surface area contributed by atoms with Crippen LogP contribution in [0.2, 0.25) is 0 Å². The first-order valence-corrected chi connectivity index (χ1v) is 7.83. The monoisotopic (exact) mass is 296 g/mol. The van der Waals surface area contributed by atoms with Crippen LogP contribution in [0.15, 0.2) is 48.5 Å². The minimum atomic E-state index is -0.232. The van der Waals surface area contributed by atoms with Gasteiger partial charge in [-0.05, 0) is 61.1 Å². The van der Waals surface area contributed by atoms with Crippen LogP contribution >= 0.6 is 0 Å². The first-order chi connectivity index (χ1) is 10.7. The molecular weight excluding hydrogens is 276 g/mol. The number of hydrogen-bond donors (Lipinski definition) is 1. The van der Waals surface area contributed by atoms with E-state index in [2.05, 4.69) is 0 Å². The van der Waals surface area contributed by atoms with Crippen molar-refractivity contribution in [2.75, 3.05) is 0 Å². The number of rotatable bonds is 3. The molecule has 0 radical (unpaired) electrons. The van der Waals surface area contributed by atoms with E-state index in [4.69, 9.17) is 4.74 Å². The normalized spacial score (nSPS) is 15.5. The highest BCUT2D eigenvalue weighted by Gasteiger charge is 2.18. The fraction of sp³-hybridized carbons (Fsp3) is 0.316. The van der Waals surface area contributed by atoms with Crippen LogP contribution in [-0.2, 0) is 4.74 Å². The molecule has 2 aromatic rings. The predicted molar refractivity (Wildman–Crippen MR) is 85.8 cm³/mol. The van der Waals surface area contributed by atoms with Crippen LogP contribution in [0.5, 0.6) is 5.75 Å². The van der Waals surface area contributed by atoms with Crippen molar-refractivity contribution in [3.8, 4) is 16.9 Å². The molecule has 0 heterocycles. The van der Waals surface area contributed by atoms with Gasteiger partial charge in [0.25, 0.3) is 0 Å². The second-order valence-corrected chi connectivity index (χ2v) is 5.79. The van der Waals surface area contributed by atoms with Crippen molar-refractivity contribution in [3.63, 3.8) is 0 Å². The molecule has 1 fully saturated rings. The predicted octanol–water partition coefficient (Wildman–Crippen LogP) is 4.55. The van der Waals surface area contributed by atoms with Gasteiger partial charge in [0.05, 0.1) is 5.56 Å². The average Bonchev–Trinajstić information content (AvgIpc) is 2.57. The number of benzene rings is 2. The van der Waals surface area contributed by atoms with Crippen molar-refractivity contribution in [1.82, 2.24) is 0 Å². The van der Waals surface area contributed by atoms with E-state index in [1.807, 2.05) is 24.3 Å². The molecule has 0 amide bonds. The van der Waals surface area contributed by atoms with E-state index in [0.717, 1.165) is 36.8 Å². The highest BCUT2D eigenvalue weighted by atomic mass is 16.5.